The van der Waals surface area contributed by atoms with Crippen LogP contribution in [0.4, 0.5) is 5.69 Å². The Morgan fingerprint density at radius 1 is 1.43 bits per heavy atom. The number of aliphatic hydroxyl groups is 1. The monoisotopic (exact) mass is 314 g/mol. The summed E-state index contributed by atoms with van der Waals surface area (Å²) >= 11 is 0. The molecule has 1 aromatic rings. The van der Waals surface area contributed by atoms with E-state index < -0.39 is 21.1 Å². The van der Waals surface area contributed by atoms with Crippen molar-refractivity contribution in [1.82, 2.24) is 4.72 Å². The molecule has 7 nitrogen and oxygen atoms in total. The van der Waals surface area contributed by atoms with Gasteiger partial charge in [-0.15, -0.1) is 0 Å². The Bertz CT molecular complexity index is 644. The Hall–Kier alpha value is -1.51. The molecule has 0 spiro atoms. The van der Waals surface area contributed by atoms with Crippen LogP contribution in [0.1, 0.15) is 24.8 Å². The van der Waals surface area contributed by atoms with Crippen molar-refractivity contribution in [3.05, 3.63) is 33.9 Å². The summed E-state index contributed by atoms with van der Waals surface area (Å²) in [5, 5.41) is 20.6. The van der Waals surface area contributed by atoms with Crippen LogP contribution in [-0.2, 0) is 10.0 Å². The van der Waals surface area contributed by atoms with Gasteiger partial charge in [-0.25, -0.2) is 13.1 Å². The van der Waals surface area contributed by atoms with Crippen LogP contribution in [0, 0.1) is 23.0 Å². The van der Waals surface area contributed by atoms with E-state index >= 15 is 0 Å². The van der Waals surface area contributed by atoms with Gasteiger partial charge in [-0.3, -0.25) is 10.1 Å². The van der Waals surface area contributed by atoms with Crippen molar-refractivity contribution in [2.24, 2.45) is 5.92 Å². The predicted octanol–water partition coefficient (Wildman–Crippen LogP) is 1.34. The summed E-state index contributed by atoms with van der Waals surface area (Å²) < 4.78 is 26.8. The summed E-state index contributed by atoms with van der Waals surface area (Å²) in [6.07, 6.45) is 1.85. The minimum Gasteiger partial charge on any atom is -0.393 e. The molecule has 8 heteroatoms. The van der Waals surface area contributed by atoms with Crippen molar-refractivity contribution in [3.8, 4) is 0 Å². The van der Waals surface area contributed by atoms with Crippen molar-refractivity contribution in [2.45, 2.75) is 37.2 Å². The number of nitro groups is 1. The van der Waals surface area contributed by atoms with Gasteiger partial charge in [-0.2, -0.15) is 0 Å². The molecule has 0 saturated heterocycles. The second-order valence-electron chi connectivity index (χ2n) is 5.32. The third-order valence-electron chi connectivity index (χ3n) is 3.84. The van der Waals surface area contributed by atoms with Gasteiger partial charge in [0.05, 0.1) is 15.9 Å². The van der Waals surface area contributed by atoms with E-state index in [4.69, 9.17) is 0 Å². The van der Waals surface area contributed by atoms with Crippen LogP contribution < -0.4 is 4.72 Å². The molecule has 2 rings (SSSR count). The molecule has 1 aromatic carbocycles. The largest absolute Gasteiger partial charge is 0.393 e. The van der Waals surface area contributed by atoms with Crippen LogP contribution in [-0.4, -0.2) is 31.1 Å². The first kappa shape index (κ1) is 15.9. The first-order valence-corrected chi connectivity index (χ1v) is 8.22. The van der Waals surface area contributed by atoms with Crippen molar-refractivity contribution in [2.75, 3.05) is 6.54 Å². The maximum absolute atomic E-state index is 12.2. The summed E-state index contributed by atoms with van der Waals surface area (Å²) in [6, 6.07) is 3.82. The van der Waals surface area contributed by atoms with E-state index in [0.29, 0.717) is 12.0 Å². The van der Waals surface area contributed by atoms with E-state index in [1.165, 1.54) is 12.1 Å². The fraction of sp³-hybridized carbons (Fsp3) is 0.538. The fourth-order valence-corrected chi connectivity index (χ4v) is 3.62. The molecule has 0 aliphatic heterocycles. The maximum atomic E-state index is 12.2. The van der Waals surface area contributed by atoms with Crippen LogP contribution in [0.15, 0.2) is 23.1 Å². The molecule has 1 aliphatic carbocycles. The Labute approximate surface area is 123 Å². The molecular formula is C13H18N2O5S. The number of aryl methyl sites for hydroxylation is 1. The summed E-state index contributed by atoms with van der Waals surface area (Å²) in [6.45, 7) is 1.70. The van der Waals surface area contributed by atoms with Gasteiger partial charge >= 0.3 is 0 Å². The fourth-order valence-electron chi connectivity index (χ4n) is 2.51. The Morgan fingerprint density at radius 3 is 2.71 bits per heavy atom. The first-order chi connectivity index (χ1) is 9.81. The van der Waals surface area contributed by atoms with Crippen LogP contribution >= 0.6 is 0 Å². The van der Waals surface area contributed by atoms with Crippen LogP contribution in [0.25, 0.3) is 0 Å². The Kier molecular flexibility index (Phi) is 4.60. The minimum atomic E-state index is -3.81. The average Bonchev–Trinajstić information content (AvgIpc) is 2.82. The lowest BCUT2D eigenvalue weighted by Crippen LogP contribution is -2.32. The zero-order chi connectivity index (χ0) is 15.6. The number of sulfonamides is 1. The van der Waals surface area contributed by atoms with Crippen LogP contribution in [0.2, 0.25) is 0 Å². The highest BCUT2D eigenvalue weighted by molar-refractivity contribution is 7.89. The number of nitro benzene ring substituents is 1. The van der Waals surface area contributed by atoms with Crippen LogP contribution in [0.5, 0.6) is 0 Å². The zero-order valence-corrected chi connectivity index (χ0v) is 12.5. The van der Waals surface area contributed by atoms with Crippen molar-refractivity contribution < 1.29 is 18.4 Å². The highest BCUT2D eigenvalue weighted by atomic mass is 32.2. The number of aliphatic hydroxyl groups excluding tert-OH is 1. The van der Waals surface area contributed by atoms with Gasteiger partial charge in [0, 0.05) is 18.2 Å². The highest BCUT2D eigenvalue weighted by Crippen LogP contribution is 2.26. The van der Waals surface area contributed by atoms with Gasteiger partial charge in [0.25, 0.3) is 5.69 Å². The third-order valence-corrected chi connectivity index (χ3v) is 5.26. The van der Waals surface area contributed by atoms with E-state index in [9.17, 15) is 23.6 Å². The molecule has 1 saturated carbocycles. The number of benzene rings is 1. The molecule has 1 aliphatic rings. The number of nitrogens with zero attached hydrogens (tertiary/aromatic N) is 1. The molecule has 0 heterocycles. The molecule has 21 heavy (non-hydrogen) atoms. The average molecular weight is 314 g/mol. The number of nitrogens with one attached hydrogen (secondary N) is 1. The molecular weight excluding hydrogens is 296 g/mol. The smallest absolute Gasteiger partial charge is 0.273 e. The molecule has 116 valence electrons. The van der Waals surface area contributed by atoms with E-state index in [1.54, 1.807) is 6.92 Å². The van der Waals surface area contributed by atoms with Gasteiger partial charge in [0.2, 0.25) is 10.0 Å². The Balaban J connectivity index is 2.15. The number of rotatable bonds is 5. The van der Waals surface area contributed by atoms with Gasteiger partial charge in [-0.1, -0.05) is 12.5 Å². The van der Waals surface area contributed by atoms with Gasteiger partial charge in [0.15, 0.2) is 0 Å². The third kappa shape index (κ3) is 3.58. The molecule has 2 unspecified atom stereocenters. The molecule has 2 N–H and O–H groups in total. The number of hydrogen-bond donors (Lipinski definition) is 2. The lowest BCUT2D eigenvalue weighted by atomic mass is 10.1. The molecule has 0 bridgehead atoms. The molecule has 0 amide bonds. The SMILES string of the molecule is Cc1ccc(S(=O)(=O)NCC2CCCC2O)cc1[N+](=O)[O-]. The normalized spacial score (nSPS) is 22.4. The van der Waals surface area contributed by atoms with E-state index in [0.717, 1.165) is 18.9 Å². The van der Waals surface area contributed by atoms with Crippen molar-refractivity contribution >= 4 is 15.7 Å². The summed E-state index contributed by atoms with van der Waals surface area (Å²) in [5.41, 5.74) is 0.184. The summed E-state index contributed by atoms with van der Waals surface area (Å²) in [5.74, 6) is -0.0970. The lowest BCUT2D eigenvalue weighted by molar-refractivity contribution is -0.385. The van der Waals surface area contributed by atoms with Gasteiger partial charge < -0.3 is 5.11 Å². The maximum Gasteiger partial charge on any atom is 0.273 e. The quantitative estimate of drug-likeness (QED) is 0.629. The van der Waals surface area contributed by atoms with Crippen LogP contribution in [0.3, 0.4) is 0 Å². The standard InChI is InChI=1S/C13H18N2O5S/c1-9-5-6-11(7-12(9)15(17)18)21(19,20)14-8-10-3-2-4-13(10)16/h5-7,10,13-14,16H,2-4,8H2,1H3. The van der Waals surface area contributed by atoms with Gasteiger partial charge in [0.1, 0.15) is 0 Å². The lowest BCUT2D eigenvalue weighted by Gasteiger charge is -2.15. The predicted molar refractivity (Wildman–Crippen MR) is 76.4 cm³/mol. The first-order valence-electron chi connectivity index (χ1n) is 6.74. The second kappa shape index (κ2) is 6.08. The van der Waals surface area contributed by atoms with Crippen molar-refractivity contribution in [3.63, 3.8) is 0 Å². The summed E-state index contributed by atoms with van der Waals surface area (Å²) in [7, 11) is -3.81. The number of hydrogen-bond acceptors (Lipinski definition) is 5. The summed E-state index contributed by atoms with van der Waals surface area (Å²) in [4.78, 5) is 10.1. The Morgan fingerprint density at radius 2 is 2.14 bits per heavy atom. The molecule has 0 aromatic heterocycles. The van der Waals surface area contributed by atoms with Crippen molar-refractivity contribution in [1.29, 1.82) is 0 Å². The van der Waals surface area contributed by atoms with E-state index in [2.05, 4.69) is 4.72 Å². The second-order valence-corrected chi connectivity index (χ2v) is 7.08. The topological polar surface area (TPSA) is 110 Å². The zero-order valence-electron chi connectivity index (χ0n) is 11.7. The van der Waals surface area contributed by atoms with E-state index in [1.807, 2.05) is 0 Å². The minimum absolute atomic E-state index is 0.0970. The molecule has 2 atom stereocenters. The molecule has 1 fully saturated rings. The van der Waals surface area contributed by atoms with Gasteiger partial charge in [-0.05, 0) is 31.7 Å². The van der Waals surface area contributed by atoms with E-state index in [-0.39, 0.29) is 23.0 Å². The molecule has 0 radical (unpaired) electrons. The highest BCUT2D eigenvalue weighted by Gasteiger charge is 2.27.